The molecule has 0 aromatic heterocycles. The molecule has 0 fully saturated rings. The third kappa shape index (κ3) is 3.17. The second kappa shape index (κ2) is 5.12. The van der Waals surface area contributed by atoms with Gasteiger partial charge in [0.1, 0.15) is 5.82 Å². The normalized spacial score (nSPS) is 14.1. The molecule has 1 aromatic carbocycles. The molecule has 90 valence electrons. The van der Waals surface area contributed by atoms with Crippen LogP contribution in [0.4, 0.5) is 4.39 Å². The Hall–Kier alpha value is -0.650. The first kappa shape index (κ1) is 13.4. The van der Waals surface area contributed by atoms with Gasteiger partial charge in [0, 0.05) is 19.0 Å². The van der Waals surface area contributed by atoms with Crippen LogP contribution in [0.15, 0.2) is 29.2 Å². The molecule has 0 heterocycles. The van der Waals surface area contributed by atoms with Gasteiger partial charge in [0.2, 0.25) is 10.0 Å². The predicted molar refractivity (Wildman–Crippen MR) is 61.5 cm³/mol. The molecule has 1 unspecified atom stereocenters. The average Bonchev–Trinajstić information content (AvgIpc) is 2.17. The van der Waals surface area contributed by atoms with Crippen LogP contribution in [0.1, 0.15) is 6.92 Å². The number of benzene rings is 1. The predicted octanol–water partition coefficient (Wildman–Crippen LogP) is 2.07. The van der Waals surface area contributed by atoms with Gasteiger partial charge in [0.25, 0.3) is 0 Å². The first-order valence-corrected chi connectivity index (χ1v) is 6.57. The van der Waals surface area contributed by atoms with E-state index in [0.717, 1.165) is 16.4 Å². The largest absolute Gasteiger partial charge is 0.242 e. The van der Waals surface area contributed by atoms with E-state index in [1.54, 1.807) is 6.92 Å². The van der Waals surface area contributed by atoms with E-state index in [4.69, 9.17) is 11.6 Å². The van der Waals surface area contributed by atoms with Gasteiger partial charge in [0.05, 0.1) is 4.90 Å². The van der Waals surface area contributed by atoms with E-state index in [0.29, 0.717) is 0 Å². The van der Waals surface area contributed by atoms with E-state index >= 15 is 0 Å². The summed E-state index contributed by atoms with van der Waals surface area (Å²) in [4.78, 5) is 0.0636. The van der Waals surface area contributed by atoms with Gasteiger partial charge < -0.3 is 0 Å². The fraction of sp³-hybridized carbons (Fsp3) is 0.400. The molecule has 0 radical (unpaired) electrons. The minimum absolute atomic E-state index is 0.0636. The van der Waals surface area contributed by atoms with Crippen LogP contribution in [-0.4, -0.2) is 31.7 Å². The van der Waals surface area contributed by atoms with Gasteiger partial charge >= 0.3 is 0 Å². The van der Waals surface area contributed by atoms with Gasteiger partial charge in [-0.3, -0.25) is 0 Å². The molecule has 1 atom stereocenters. The molecule has 1 aromatic rings. The maximum absolute atomic E-state index is 12.7. The summed E-state index contributed by atoms with van der Waals surface area (Å²) in [6.07, 6.45) is 0. The summed E-state index contributed by atoms with van der Waals surface area (Å²) in [7, 11) is -2.13. The van der Waals surface area contributed by atoms with Crippen LogP contribution < -0.4 is 0 Å². The van der Waals surface area contributed by atoms with Crippen molar-refractivity contribution in [3.8, 4) is 0 Å². The summed E-state index contributed by atoms with van der Waals surface area (Å²) in [5.74, 6) is -0.465. The van der Waals surface area contributed by atoms with Crippen LogP contribution in [0.3, 0.4) is 0 Å². The topological polar surface area (TPSA) is 37.4 Å². The summed E-state index contributed by atoms with van der Waals surface area (Å²) in [6, 6.07) is 4.70. The highest BCUT2D eigenvalue weighted by atomic mass is 35.5. The number of sulfonamides is 1. The second-order valence-corrected chi connectivity index (χ2v) is 6.31. The lowest BCUT2D eigenvalue weighted by atomic mass is 10.4. The smallest absolute Gasteiger partial charge is 0.207 e. The lowest BCUT2D eigenvalue weighted by Gasteiger charge is -2.18. The van der Waals surface area contributed by atoms with Crippen molar-refractivity contribution < 1.29 is 12.8 Å². The quantitative estimate of drug-likeness (QED) is 0.782. The molecular weight excluding hydrogens is 253 g/mol. The molecule has 0 bridgehead atoms. The van der Waals surface area contributed by atoms with Crippen LogP contribution in [-0.2, 0) is 10.0 Å². The van der Waals surface area contributed by atoms with Gasteiger partial charge in [-0.2, -0.15) is 4.31 Å². The SMILES string of the molecule is CC(Cl)CN(C)S(=O)(=O)c1ccc(F)cc1. The summed E-state index contributed by atoms with van der Waals surface area (Å²) in [5, 5.41) is -0.278. The van der Waals surface area contributed by atoms with Gasteiger partial charge in [-0.25, -0.2) is 12.8 Å². The zero-order valence-electron chi connectivity index (χ0n) is 9.02. The van der Waals surface area contributed by atoms with Crippen molar-refractivity contribution in [1.82, 2.24) is 4.31 Å². The molecule has 0 aliphatic carbocycles. The van der Waals surface area contributed by atoms with Crippen molar-refractivity contribution in [3.63, 3.8) is 0 Å². The molecular formula is C10H13ClFNO2S. The number of halogens is 2. The zero-order chi connectivity index (χ0) is 12.3. The first-order chi connectivity index (χ1) is 7.34. The lowest BCUT2D eigenvalue weighted by molar-refractivity contribution is 0.470. The van der Waals surface area contributed by atoms with Crippen LogP contribution in [0.5, 0.6) is 0 Å². The van der Waals surface area contributed by atoms with E-state index in [1.807, 2.05) is 0 Å². The maximum atomic E-state index is 12.7. The Morgan fingerprint density at radius 1 is 1.38 bits per heavy atom. The highest BCUT2D eigenvalue weighted by Crippen LogP contribution is 2.15. The summed E-state index contributed by atoms with van der Waals surface area (Å²) < 4.78 is 37.7. The zero-order valence-corrected chi connectivity index (χ0v) is 10.6. The molecule has 16 heavy (non-hydrogen) atoms. The summed E-state index contributed by atoms with van der Waals surface area (Å²) >= 11 is 5.73. The van der Waals surface area contributed by atoms with Crippen molar-refractivity contribution in [2.24, 2.45) is 0 Å². The van der Waals surface area contributed by atoms with E-state index in [9.17, 15) is 12.8 Å². The fourth-order valence-electron chi connectivity index (χ4n) is 1.24. The van der Waals surface area contributed by atoms with E-state index in [1.165, 1.54) is 19.2 Å². The summed E-state index contributed by atoms with van der Waals surface area (Å²) in [6.45, 7) is 1.92. The minimum Gasteiger partial charge on any atom is -0.207 e. The summed E-state index contributed by atoms with van der Waals surface area (Å²) in [5.41, 5.74) is 0. The van der Waals surface area contributed by atoms with Crippen molar-refractivity contribution in [3.05, 3.63) is 30.1 Å². The number of rotatable bonds is 4. The molecule has 1 rings (SSSR count). The molecule has 0 aliphatic rings. The second-order valence-electron chi connectivity index (χ2n) is 3.52. The Bertz CT molecular complexity index is 444. The fourth-order valence-corrected chi connectivity index (χ4v) is 2.79. The minimum atomic E-state index is -3.57. The number of hydrogen-bond donors (Lipinski definition) is 0. The number of alkyl halides is 1. The van der Waals surface area contributed by atoms with Crippen molar-refractivity contribution >= 4 is 21.6 Å². The van der Waals surface area contributed by atoms with Crippen molar-refractivity contribution in [2.45, 2.75) is 17.2 Å². The number of hydrogen-bond acceptors (Lipinski definition) is 2. The molecule has 0 spiro atoms. The molecule has 0 amide bonds. The highest BCUT2D eigenvalue weighted by Gasteiger charge is 2.21. The van der Waals surface area contributed by atoms with Gasteiger partial charge in [-0.05, 0) is 31.2 Å². The first-order valence-electron chi connectivity index (χ1n) is 4.70. The van der Waals surface area contributed by atoms with Crippen LogP contribution in [0.25, 0.3) is 0 Å². The molecule has 6 heteroatoms. The Balaban J connectivity index is 2.97. The van der Waals surface area contributed by atoms with Crippen LogP contribution in [0.2, 0.25) is 0 Å². The van der Waals surface area contributed by atoms with Gasteiger partial charge in [-0.15, -0.1) is 11.6 Å². The molecule has 0 aliphatic heterocycles. The van der Waals surface area contributed by atoms with Gasteiger partial charge in [0.15, 0.2) is 0 Å². The average molecular weight is 266 g/mol. The monoisotopic (exact) mass is 265 g/mol. The third-order valence-electron chi connectivity index (χ3n) is 2.03. The van der Waals surface area contributed by atoms with Crippen molar-refractivity contribution in [1.29, 1.82) is 0 Å². The molecule has 0 saturated carbocycles. The lowest BCUT2D eigenvalue weighted by Crippen LogP contribution is -2.31. The highest BCUT2D eigenvalue weighted by molar-refractivity contribution is 7.89. The van der Waals surface area contributed by atoms with E-state index < -0.39 is 15.8 Å². The molecule has 0 saturated heterocycles. The Kier molecular flexibility index (Phi) is 4.29. The van der Waals surface area contributed by atoms with Gasteiger partial charge in [-0.1, -0.05) is 0 Å². The number of nitrogens with zero attached hydrogens (tertiary/aromatic N) is 1. The van der Waals surface area contributed by atoms with Crippen molar-refractivity contribution in [2.75, 3.05) is 13.6 Å². The van der Waals surface area contributed by atoms with Crippen LogP contribution in [0, 0.1) is 5.82 Å². The van der Waals surface area contributed by atoms with E-state index in [-0.39, 0.29) is 16.8 Å². The Morgan fingerprint density at radius 2 is 1.88 bits per heavy atom. The Morgan fingerprint density at radius 3 is 2.31 bits per heavy atom. The Labute approximate surface area is 99.9 Å². The van der Waals surface area contributed by atoms with E-state index in [2.05, 4.69) is 0 Å². The maximum Gasteiger partial charge on any atom is 0.242 e. The van der Waals surface area contributed by atoms with Crippen LogP contribution >= 0.6 is 11.6 Å². The molecule has 3 nitrogen and oxygen atoms in total. The molecule has 0 N–H and O–H groups in total. The third-order valence-corrected chi connectivity index (χ3v) is 4.01. The standard InChI is InChI=1S/C10H13ClFNO2S/c1-8(11)7-13(2)16(14,15)10-5-3-9(12)4-6-10/h3-6,8H,7H2,1-2H3.